The van der Waals surface area contributed by atoms with Crippen LogP contribution in [0.25, 0.3) is 0 Å². The van der Waals surface area contributed by atoms with Gasteiger partial charge in [-0.15, -0.1) is 11.3 Å². The Labute approximate surface area is 152 Å². The summed E-state index contributed by atoms with van der Waals surface area (Å²) < 4.78 is 26.1. The van der Waals surface area contributed by atoms with Crippen molar-refractivity contribution in [3.8, 4) is 0 Å². The summed E-state index contributed by atoms with van der Waals surface area (Å²) in [6, 6.07) is 10.8. The molecule has 8 heteroatoms. The first-order chi connectivity index (χ1) is 12.0. The molecule has 1 N–H and O–H groups in total. The Balaban J connectivity index is 1.69. The van der Waals surface area contributed by atoms with Crippen molar-refractivity contribution in [2.45, 2.75) is 17.1 Å². The molecule has 0 atom stereocenters. The number of hydrogen-bond acceptors (Lipinski definition) is 5. The molecular formula is C17H21N3O3S2. The molecule has 0 bridgehead atoms. The van der Waals surface area contributed by atoms with Crippen molar-refractivity contribution < 1.29 is 13.2 Å². The Morgan fingerprint density at radius 1 is 1.20 bits per heavy atom. The zero-order valence-electron chi connectivity index (χ0n) is 14.0. The molecule has 1 aromatic carbocycles. The lowest BCUT2D eigenvalue weighted by Crippen LogP contribution is -2.35. The Bertz CT molecular complexity index is 829. The molecular weight excluding hydrogens is 358 g/mol. The van der Waals surface area contributed by atoms with Crippen molar-refractivity contribution in [1.29, 1.82) is 0 Å². The SMILES string of the molecule is CN(CC(=O)Nc1ccccc1N1CCCC1)S(=O)(=O)c1cccs1. The topological polar surface area (TPSA) is 69.7 Å². The normalized spacial score (nSPS) is 14.9. The van der Waals surface area contributed by atoms with Gasteiger partial charge in [-0.1, -0.05) is 18.2 Å². The van der Waals surface area contributed by atoms with E-state index in [1.807, 2.05) is 24.3 Å². The van der Waals surface area contributed by atoms with Gasteiger partial charge in [0.2, 0.25) is 5.91 Å². The molecule has 1 aliphatic rings. The largest absolute Gasteiger partial charge is 0.370 e. The fourth-order valence-corrected chi connectivity index (χ4v) is 5.18. The van der Waals surface area contributed by atoms with E-state index in [4.69, 9.17) is 0 Å². The van der Waals surface area contributed by atoms with Gasteiger partial charge in [-0.2, -0.15) is 4.31 Å². The standard InChI is InChI=1S/C17H21N3O3S2/c1-19(25(22,23)17-9-6-12-24-17)13-16(21)18-14-7-2-3-8-15(14)20-10-4-5-11-20/h2-3,6-9,12H,4-5,10-11,13H2,1H3,(H,18,21). The first-order valence-electron chi connectivity index (χ1n) is 8.12. The van der Waals surface area contributed by atoms with Crippen molar-refractivity contribution >= 4 is 38.6 Å². The summed E-state index contributed by atoms with van der Waals surface area (Å²) >= 11 is 1.14. The number of rotatable bonds is 6. The van der Waals surface area contributed by atoms with Gasteiger partial charge in [-0.05, 0) is 36.4 Å². The Kier molecular flexibility index (Phi) is 5.41. The predicted octanol–water partition coefficient (Wildman–Crippen LogP) is 2.61. The smallest absolute Gasteiger partial charge is 0.252 e. The molecule has 0 radical (unpaired) electrons. The molecule has 0 unspecified atom stereocenters. The fourth-order valence-electron chi connectivity index (χ4n) is 2.85. The van der Waals surface area contributed by atoms with Crippen LogP contribution in [0.3, 0.4) is 0 Å². The van der Waals surface area contributed by atoms with E-state index in [9.17, 15) is 13.2 Å². The number of carbonyl (C=O) groups excluding carboxylic acids is 1. The average molecular weight is 380 g/mol. The number of nitrogens with zero attached hydrogens (tertiary/aromatic N) is 2. The second-order valence-electron chi connectivity index (χ2n) is 5.95. The number of para-hydroxylation sites is 2. The number of nitrogens with one attached hydrogen (secondary N) is 1. The molecule has 1 fully saturated rings. The van der Waals surface area contributed by atoms with Crippen LogP contribution in [-0.4, -0.2) is 45.3 Å². The molecule has 25 heavy (non-hydrogen) atoms. The van der Waals surface area contributed by atoms with Crippen molar-refractivity contribution in [2.75, 3.05) is 36.9 Å². The Hall–Kier alpha value is -1.90. The third kappa shape index (κ3) is 4.02. The third-order valence-corrected chi connectivity index (χ3v) is 7.33. The minimum Gasteiger partial charge on any atom is -0.370 e. The van der Waals surface area contributed by atoms with E-state index >= 15 is 0 Å². The van der Waals surface area contributed by atoms with Crippen molar-refractivity contribution in [1.82, 2.24) is 4.31 Å². The molecule has 0 aliphatic carbocycles. The molecule has 1 aliphatic heterocycles. The van der Waals surface area contributed by atoms with Crippen molar-refractivity contribution in [2.24, 2.45) is 0 Å². The van der Waals surface area contributed by atoms with Gasteiger partial charge < -0.3 is 10.2 Å². The van der Waals surface area contributed by atoms with E-state index < -0.39 is 10.0 Å². The molecule has 134 valence electrons. The summed E-state index contributed by atoms with van der Waals surface area (Å²) in [6.07, 6.45) is 2.29. The highest BCUT2D eigenvalue weighted by Crippen LogP contribution is 2.28. The van der Waals surface area contributed by atoms with Crippen LogP contribution >= 0.6 is 11.3 Å². The van der Waals surface area contributed by atoms with Crippen LogP contribution in [0.4, 0.5) is 11.4 Å². The average Bonchev–Trinajstić information content (AvgIpc) is 3.29. The quantitative estimate of drug-likeness (QED) is 0.838. The highest BCUT2D eigenvalue weighted by atomic mass is 32.2. The van der Waals surface area contributed by atoms with Gasteiger partial charge in [-0.25, -0.2) is 8.42 Å². The monoisotopic (exact) mass is 379 g/mol. The Morgan fingerprint density at radius 3 is 2.60 bits per heavy atom. The predicted molar refractivity (Wildman–Crippen MR) is 101 cm³/mol. The molecule has 2 aromatic rings. The molecule has 6 nitrogen and oxygen atoms in total. The molecule has 1 saturated heterocycles. The van der Waals surface area contributed by atoms with Crippen LogP contribution in [0.2, 0.25) is 0 Å². The van der Waals surface area contributed by atoms with E-state index in [1.54, 1.807) is 11.4 Å². The van der Waals surface area contributed by atoms with Gasteiger partial charge in [0, 0.05) is 20.1 Å². The maximum absolute atomic E-state index is 12.4. The van der Waals surface area contributed by atoms with E-state index in [-0.39, 0.29) is 16.7 Å². The maximum atomic E-state index is 12.4. The summed E-state index contributed by atoms with van der Waals surface area (Å²) in [5.41, 5.74) is 1.70. The summed E-state index contributed by atoms with van der Waals surface area (Å²) in [4.78, 5) is 14.6. The fraction of sp³-hybridized carbons (Fsp3) is 0.353. The summed E-state index contributed by atoms with van der Waals surface area (Å²) in [5.74, 6) is -0.353. The zero-order valence-corrected chi connectivity index (χ0v) is 15.6. The number of benzene rings is 1. The number of thiophene rings is 1. The van der Waals surface area contributed by atoms with Gasteiger partial charge >= 0.3 is 0 Å². The van der Waals surface area contributed by atoms with Crippen LogP contribution < -0.4 is 10.2 Å². The lowest BCUT2D eigenvalue weighted by Gasteiger charge is -2.22. The maximum Gasteiger partial charge on any atom is 0.252 e. The van der Waals surface area contributed by atoms with E-state index in [1.165, 1.54) is 13.1 Å². The minimum absolute atomic E-state index is 0.228. The lowest BCUT2D eigenvalue weighted by molar-refractivity contribution is -0.116. The number of hydrogen-bond donors (Lipinski definition) is 1. The van der Waals surface area contributed by atoms with Crippen molar-refractivity contribution in [3.05, 3.63) is 41.8 Å². The second-order valence-corrected chi connectivity index (χ2v) is 9.17. The number of sulfonamides is 1. The van der Waals surface area contributed by atoms with Gasteiger partial charge in [0.25, 0.3) is 10.0 Å². The third-order valence-electron chi connectivity index (χ3n) is 4.15. The minimum atomic E-state index is -3.63. The molecule has 0 saturated carbocycles. The van der Waals surface area contributed by atoms with E-state index in [0.717, 1.165) is 52.9 Å². The number of likely N-dealkylation sites (N-methyl/N-ethyl adjacent to an activating group) is 1. The summed E-state index contributed by atoms with van der Waals surface area (Å²) in [7, 11) is -2.21. The van der Waals surface area contributed by atoms with E-state index in [2.05, 4.69) is 10.2 Å². The highest BCUT2D eigenvalue weighted by Gasteiger charge is 2.24. The number of amides is 1. The van der Waals surface area contributed by atoms with Gasteiger partial charge in [0.15, 0.2) is 0 Å². The molecule has 1 amide bonds. The summed E-state index contributed by atoms with van der Waals surface area (Å²) in [6.45, 7) is 1.72. The second kappa shape index (κ2) is 7.55. The van der Waals surface area contributed by atoms with Gasteiger partial charge in [0.1, 0.15) is 4.21 Å². The van der Waals surface area contributed by atoms with Crippen LogP contribution in [0.5, 0.6) is 0 Å². The number of anilines is 2. The van der Waals surface area contributed by atoms with Crippen LogP contribution in [-0.2, 0) is 14.8 Å². The van der Waals surface area contributed by atoms with E-state index in [0.29, 0.717) is 0 Å². The summed E-state index contributed by atoms with van der Waals surface area (Å²) in [5, 5.41) is 4.55. The first-order valence-corrected chi connectivity index (χ1v) is 10.4. The molecule has 3 rings (SSSR count). The first kappa shape index (κ1) is 17.9. The Morgan fingerprint density at radius 2 is 1.92 bits per heavy atom. The molecule has 0 spiro atoms. The van der Waals surface area contributed by atoms with Gasteiger partial charge in [-0.3, -0.25) is 4.79 Å². The number of carbonyl (C=O) groups is 1. The van der Waals surface area contributed by atoms with Crippen LogP contribution in [0.1, 0.15) is 12.8 Å². The lowest BCUT2D eigenvalue weighted by atomic mass is 10.2. The van der Waals surface area contributed by atoms with Crippen molar-refractivity contribution in [3.63, 3.8) is 0 Å². The van der Waals surface area contributed by atoms with Crippen LogP contribution in [0, 0.1) is 0 Å². The zero-order chi connectivity index (χ0) is 17.9. The van der Waals surface area contributed by atoms with Crippen LogP contribution in [0.15, 0.2) is 46.0 Å². The highest BCUT2D eigenvalue weighted by molar-refractivity contribution is 7.91. The molecule has 2 heterocycles. The molecule has 1 aromatic heterocycles. The van der Waals surface area contributed by atoms with Gasteiger partial charge in [0.05, 0.1) is 17.9 Å².